The molecule has 1 N–H and O–H groups in total. The predicted molar refractivity (Wildman–Crippen MR) is 129 cm³/mol. The average Bonchev–Trinajstić information content (AvgIpc) is 3.02. The molecular weight excluding hydrogens is 426 g/mol. The van der Waals surface area contributed by atoms with Gasteiger partial charge in [0, 0.05) is 19.0 Å². The summed E-state index contributed by atoms with van der Waals surface area (Å²) < 4.78 is 10.5. The first-order valence-corrected chi connectivity index (χ1v) is 11.4. The minimum atomic E-state index is -0.518. The largest absolute Gasteiger partial charge is 0.497 e. The Kier molecular flexibility index (Phi) is 7.80. The van der Waals surface area contributed by atoms with E-state index in [-0.39, 0.29) is 18.2 Å². The van der Waals surface area contributed by atoms with Crippen LogP contribution in [0.25, 0.3) is 0 Å². The number of nitrogens with one attached hydrogen (secondary N) is 1. The third-order valence-electron chi connectivity index (χ3n) is 4.95. The minimum absolute atomic E-state index is 0.0464. The molecule has 7 nitrogen and oxygen atoms in total. The number of carbonyl (C=O) groups is 2. The van der Waals surface area contributed by atoms with Crippen molar-refractivity contribution in [3.05, 3.63) is 47.5 Å². The molecule has 1 unspecified atom stereocenters. The van der Waals surface area contributed by atoms with Crippen molar-refractivity contribution in [3.63, 3.8) is 0 Å². The van der Waals surface area contributed by atoms with Gasteiger partial charge in [-0.05, 0) is 55.7 Å². The monoisotopic (exact) mass is 455 g/mol. The standard InChI is InChI=1S/C24H29N3O4S/c1-6-9-27-23(29)21(32-24(27)25-17-11-15(2)10-16(3)12-17)14-22(28)26-19-8-7-18(30-4)13-20(19)31-5/h7-8,10-13,21H,6,9,14H2,1-5H3,(H,26,28). The maximum absolute atomic E-state index is 13.0. The first kappa shape index (κ1) is 23.7. The normalized spacial score (nSPS) is 17.0. The summed E-state index contributed by atoms with van der Waals surface area (Å²) in [6, 6.07) is 11.2. The summed E-state index contributed by atoms with van der Waals surface area (Å²) >= 11 is 1.34. The molecule has 0 aliphatic carbocycles. The number of amidine groups is 1. The highest BCUT2D eigenvalue weighted by Gasteiger charge is 2.38. The molecule has 1 fully saturated rings. The Morgan fingerprint density at radius 2 is 1.84 bits per heavy atom. The first-order chi connectivity index (χ1) is 15.3. The minimum Gasteiger partial charge on any atom is -0.497 e. The Labute approximate surface area is 193 Å². The molecule has 0 bridgehead atoms. The lowest BCUT2D eigenvalue weighted by Crippen LogP contribution is -2.34. The van der Waals surface area contributed by atoms with Gasteiger partial charge in [0.05, 0.1) is 25.6 Å². The molecule has 2 aromatic carbocycles. The zero-order chi connectivity index (χ0) is 23.3. The van der Waals surface area contributed by atoms with Crippen LogP contribution in [0.4, 0.5) is 11.4 Å². The molecule has 2 aromatic rings. The van der Waals surface area contributed by atoms with E-state index in [1.807, 2.05) is 32.9 Å². The molecule has 3 rings (SSSR count). The van der Waals surface area contributed by atoms with Crippen molar-refractivity contribution in [1.82, 2.24) is 4.90 Å². The SMILES string of the molecule is CCCN1C(=O)C(CC(=O)Nc2ccc(OC)cc2OC)SC1=Nc1cc(C)cc(C)c1. The molecule has 1 saturated heterocycles. The number of hydrogen-bond acceptors (Lipinski definition) is 6. The maximum atomic E-state index is 13.0. The lowest BCUT2D eigenvalue weighted by Gasteiger charge is -2.15. The summed E-state index contributed by atoms with van der Waals surface area (Å²) in [6.07, 6.45) is 0.852. The molecule has 2 amide bonds. The maximum Gasteiger partial charge on any atom is 0.242 e. The third kappa shape index (κ3) is 5.62. The van der Waals surface area contributed by atoms with Gasteiger partial charge in [-0.25, -0.2) is 4.99 Å². The van der Waals surface area contributed by atoms with Crippen molar-refractivity contribution >= 4 is 40.1 Å². The van der Waals surface area contributed by atoms with E-state index >= 15 is 0 Å². The van der Waals surface area contributed by atoms with Crippen LogP contribution in [0.15, 0.2) is 41.4 Å². The van der Waals surface area contributed by atoms with E-state index in [0.717, 1.165) is 23.2 Å². The van der Waals surface area contributed by atoms with Gasteiger partial charge in [-0.3, -0.25) is 14.5 Å². The number of amides is 2. The van der Waals surface area contributed by atoms with Crippen LogP contribution in [-0.2, 0) is 9.59 Å². The molecule has 0 radical (unpaired) electrons. The Balaban J connectivity index is 1.76. The number of methoxy groups -OCH3 is 2. The number of hydrogen-bond donors (Lipinski definition) is 1. The van der Waals surface area contributed by atoms with E-state index in [1.54, 1.807) is 30.2 Å². The van der Waals surface area contributed by atoms with Crippen LogP contribution in [0.3, 0.4) is 0 Å². The molecule has 1 aliphatic heterocycles. The quantitative estimate of drug-likeness (QED) is 0.625. The zero-order valence-electron chi connectivity index (χ0n) is 19.1. The Hall–Kier alpha value is -3.00. The molecule has 32 heavy (non-hydrogen) atoms. The topological polar surface area (TPSA) is 80.2 Å². The zero-order valence-corrected chi connectivity index (χ0v) is 19.9. The summed E-state index contributed by atoms with van der Waals surface area (Å²) in [7, 11) is 3.09. The number of nitrogens with zero attached hydrogens (tertiary/aromatic N) is 2. The van der Waals surface area contributed by atoms with Gasteiger partial charge in [-0.1, -0.05) is 24.8 Å². The number of aliphatic imine (C=N–C) groups is 1. The van der Waals surface area contributed by atoms with Crippen molar-refractivity contribution in [1.29, 1.82) is 0 Å². The molecule has 1 aliphatic rings. The van der Waals surface area contributed by atoms with Crippen molar-refractivity contribution in [2.45, 2.75) is 38.9 Å². The van der Waals surface area contributed by atoms with Crippen LogP contribution in [0.2, 0.25) is 0 Å². The van der Waals surface area contributed by atoms with E-state index in [0.29, 0.717) is 28.9 Å². The molecule has 170 valence electrons. The second-order valence-corrected chi connectivity index (χ2v) is 8.83. The van der Waals surface area contributed by atoms with Gasteiger partial charge in [0.1, 0.15) is 16.7 Å². The van der Waals surface area contributed by atoms with Crippen LogP contribution >= 0.6 is 11.8 Å². The van der Waals surface area contributed by atoms with Gasteiger partial charge < -0.3 is 14.8 Å². The molecule has 1 atom stereocenters. The second kappa shape index (κ2) is 10.5. The van der Waals surface area contributed by atoms with Gasteiger partial charge in [0.2, 0.25) is 11.8 Å². The highest BCUT2D eigenvalue weighted by atomic mass is 32.2. The van der Waals surface area contributed by atoms with E-state index < -0.39 is 5.25 Å². The van der Waals surface area contributed by atoms with E-state index in [1.165, 1.54) is 18.9 Å². The van der Waals surface area contributed by atoms with Gasteiger partial charge in [0.25, 0.3) is 0 Å². The highest BCUT2D eigenvalue weighted by molar-refractivity contribution is 8.15. The summed E-state index contributed by atoms with van der Waals surface area (Å²) in [6.45, 7) is 6.63. The average molecular weight is 456 g/mol. The van der Waals surface area contributed by atoms with Crippen molar-refractivity contribution in [2.24, 2.45) is 4.99 Å². The van der Waals surface area contributed by atoms with Gasteiger partial charge in [-0.15, -0.1) is 0 Å². The van der Waals surface area contributed by atoms with Crippen LogP contribution in [0.5, 0.6) is 11.5 Å². The number of ether oxygens (including phenoxy) is 2. The van der Waals surface area contributed by atoms with Crippen LogP contribution in [0, 0.1) is 13.8 Å². The number of aryl methyl sites for hydroxylation is 2. The van der Waals surface area contributed by atoms with Crippen molar-refractivity contribution < 1.29 is 19.1 Å². The smallest absolute Gasteiger partial charge is 0.242 e. The third-order valence-corrected chi connectivity index (χ3v) is 6.13. The number of anilines is 1. The molecule has 0 aromatic heterocycles. The van der Waals surface area contributed by atoms with Crippen LogP contribution in [-0.4, -0.2) is 47.9 Å². The summed E-state index contributed by atoms with van der Waals surface area (Å²) in [4.78, 5) is 32.2. The first-order valence-electron chi connectivity index (χ1n) is 10.5. The van der Waals surface area contributed by atoms with Crippen molar-refractivity contribution in [3.8, 4) is 11.5 Å². The second-order valence-electron chi connectivity index (χ2n) is 7.66. The molecule has 0 spiro atoms. The Morgan fingerprint density at radius 1 is 1.12 bits per heavy atom. The number of thioether (sulfide) groups is 1. The fourth-order valence-corrected chi connectivity index (χ4v) is 4.74. The van der Waals surface area contributed by atoms with E-state index in [9.17, 15) is 9.59 Å². The Morgan fingerprint density at radius 3 is 2.47 bits per heavy atom. The lowest BCUT2D eigenvalue weighted by atomic mass is 10.1. The summed E-state index contributed by atoms with van der Waals surface area (Å²) in [5.74, 6) is 0.775. The molecular formula is C24H29N3O4S. The molecule has 1 heterocycles. The number of carbonyl (C=O) groups excluding carboxylic acids is 2. The van der Waals surface area contributed by atoms with Crippen LogP contribution in [0.1, 0.15) is 30.9 Å². The Bertz CT molecular complexity index is 1020. The molecule has 0 saturated carbocycles. The predicted octanol–water partition coefficient (Wildman–Crippen LogP) is 4.69. The lowest BCUT2D eigenvalue weighted by molar-refractivity contribution is -0.128. The van der Waals surface area contributed by atoms with Gasteiger partial charge in [0.15, 0.2) is 5.17 Å². The molecule has 8 heteroatoms. The number of benzene rings is 2. The summed E-state index contributed by atoms with van der Waals surface area (Å²) in [5.41, 5.74) is 3.57. The van der Waals surface area contributed by atoms with Crippen molar-refractivity contribution in [2.75, 3.05) is 26.1 Å². The summed E-state index contributed by atoms with van der Waals surface area (Å²) in [5, 5.41) is 2.97. The fraction of sp³-hybridized carbons (Fsp3) is 0.375. The number of rotatable bonds is 8. The van der Waals surface area contributed by atoms with Gasteiger partial charge in [-0.2, -0.15) is 0 Å². The van der Waals surface area contributed by atoms with Gasteiger partial charge >= 0.3 is 0 Å². The fourth-order valence-electron chi connectivity index (χ4n) is 3.55. The highest BCUT2D eigenvalue weighted by Crippen LogP contribution is 2.33. The van der Waals surface area contributed by atoms with E-state index in [2.05, 4.69) is 11.4 Å². The van der Waals surface area contributed by atoms with E-state index in [4.69, 9.17) is 14.5 Å². The van der Waals surface area contributed by atoms with Crippen LogP contribution < -0.4 is 14.8 Å².